The van der Waals surface area contributed by atoms with Crippen LogP contribution in [0.4, 0.5) is 0 Å². The molecular weight excluding hydrogens is 484 g/mol. The van der Waals surface area contributed by atoms with Crippen molar-refractivity contribution < 1.29 is 29.0 Å². The Labute approximate surface area is 228 Å². The van der Waals surface area contributed by atoms with Gasteiger partial charge in [0.25, 0.3) is 0 Å². The summed E-state index contributed by atoms with van der Waals surface area (Å²) in [6, 6.07) is -0.856. The standard InChI is InChI=1S/C30H48N2O6/c1-7-10-11-14-19-37-28(36)24-23-26(34)32(17-12-13-18-33)25(30(23)20-21(4)29(24,6)38-30)27(35)31(16-9-3)22(5)15-8-2/h7,9,21-25,33H,1,3,8,10-20H2,2,4-6H3/t21?,22?,23-,24-,25?,29+,30?/m0/s1. The van der Waals surface area contributed by atoms with Gasteiger partial charge < -0.3 is 24.4 Å². The van der Waals surface area contributed by atoms with E-state index >= 15 is 0 Å². The molecule has 8 nitrogen and oxygen atoms in total. The quantitative estimate of drug-likeness (QED) is 0.184. The van der Waals surface area contributed by atoms with Crippen LogP contribution in [-0.2, 0) is 23.9 Å². The predicted octanol–water partition coefficient (Wildman–Crippen LogP) is 3.87. The van der Waals surface area contributed by atoms with Crippen LogP contribution in [0, 0.1) is 17.8 Å². The summed E-state index contributed by atoms with van der Waals surface area (Å²) in [5.74, 6) is -2.34. The van der Waals surface area contributed by atoms with Crippen molar-refractivity contribution in [2.24, 2.45) is 17.8 Å². The first-order chi connectivity index (χ1) is 18.1. The fraction of sp³-hybridized carbons (Fsp3) is 0.767. The molecule has 3 heterocycles. The summed E-state index contributed by atoms with van der Waals surface area (Å²) >= 11 is 0. The molecule has 3 aliphatic heterocycles. The van der Waals surface area contributed by atoms with Gasteiger partial charge in [0, 0.05) is 25.7 Å². The van der Waals surface area contributed by atoms with E-state index in [4.69, 9.17) is 9.47 Å². The van der Waals surface area contributed by atoms with E-state index in [-0.39, 0.29) is 37.0 Å². The lowest BCUT2D eigenvalue weighted by Crippen LogP contribution is -2.58. The van der Waals surface area contributed by atoms with Gasteiger partial charge in [-0.2, -0.15) is 0 Å². The number of rotatable bonds is 16. The zero-order chi connectivity index (χ0) is 28.1. The number of aliphatic hydroxyl groups excluding tert-OH is 1. The minimum Gasteiger partial charge on any atom is -0.465 e. The molecule has 3 saturated heterocycles. The van der Waals surface area contributed by atoms with Crippen molar-refractivity contribution in [3.05, 3.63) is 25.3 Å². The molecular formula is C30H48N2O6. The number of amides is 2. The molecule has 2 bridgehead atoms. The fourth-order valence-corrected chi connectivity index (χ4v) is 7.02. The Hall–Kier alpha value is -2.19. The maximum absolute atomic E-state index is 14.4. The number of ether oxygens (including phenoxy) is 2. The van der Waals surface area contributed by atoms with Crippen LogP contribution in [0.5, 0.6) is 0 Å². The second-order valence-electron chi connectivity index (χ2n) is 11.5. The molecule has 38 heavy (non-hydrogen) atoms. The molecule has 7 atom stereocenters. The van der Waals surface area contributed by atoms with E-state index in [1.807, 2.05) is 26.8 Å². The number of carbonyl (C=O) groups is 3. The number of hydrogen-bond donors (Lipinski definition) is 1. The Bertz CT molecular complexity index is 892. The third-order valence-electron chi connectivity index (χ3n) is 9.00. The van der Waals surface area contributed by atoms with Crippen LogP contribution in [-0.4, -0.2) is 82.3 Å². The molecule has 0 aromatic carbocycles. The van der Waals surface area contributed by atoms with Gasteiger partial charge in [-0.25, -0.2) is 0 Å². The van der Waals surface area contributed by atoms with Gasteiger partial charge in [0.1, 0.15) is 17.6 Å². The Morgan fingerprint density at radius 1 is 1.26 bits per heavy atom. The van der Waals surface area contributed by atoms with Crippen LogP contribution in [0.25, 0.3) is 0 Å². The first-order valence-electron chi connectivity index (χ1n) is 14.4. The number of allylic oxidation sites excluding steroid dienone is 1. The third kappa shape index (κ3) is 5.31. The van der Waals surface area contributed by atoms with Crippen LogP contribution >= 0.6 is 0 Å². The molecule has 0 radical (unpaired) electrons. The van der Waals surface area contributed by atoms with Gasteiger partial charge in [-0.1, -0.05) is 32.4 Å². The van der Waals surface area contributed by atoms with E-state index in [1.54, 1.807) is 15.9 Å². The van der Waals surface area contributed by atoms with Crippen molar-refractivity contribution in [3.8, 4) is 0 Å². The summed E-state index contributed by atoms with van der Waals surface area (Å²) in [6.07, 6.45) is 9.38. The van der Waals surface area contributed by atoms with Crippen molar-refractivity contribution in [1.82, 2.24) is 9.80 Å². The molecule has 8 heteroatoms. The van der Waals surface area contributed by atoms with Crippen LogP contribution in [0.1, 0.15) is 79.1 Å². The van der Waals surface area contributed by atoms with Crippen LogP contribution < -0.4 is 0 Å². The maximum atomic E-state index is 14.4. The summed E-state index contributed by atoms with van der Waals surface area (Å²) in [5.41, 5.74) is -1.97. The number of esters is 1. The summed E-state index contributed by atoms with van der Waals surface area (Å²) in [7, 11) is 0. The van der Waals surface area contributed by atoms with E-state index in [0.717, 1.165) is 32.1 Å². The SMILES string of the molecule is C=CCCCCOC(=O)[C@@H]1[C@H]2C(=O)N(CCCCO)C(C(=O)N(CC=C)C(C)CCC)C23CC(C)[C@@]1(C)O3. The average molecular weight is 533 g/mol. The first-order valence-corrected chi connectivity index (χ1v) is 14.4. The number of aliphatic hydroxyl groups is 1. The summed E-state index contributed by atoms with van der Waals surface area (Å²) in [6.45, 7) is 16.6. The highest BCUT2D eigenvalue weighted by Gasteiger charge is 2.80. The highest BCUT2D eigenvalue weighted by atomic mass is 16.6. The normalized spacial score (nSPS) is 32.2. The average Bonchev–Trinajstić information content (AvgIpc) is 3.39. The molecule has 3 aliphatic rings. The molecule has 1 N–H and O–H groups in total. The van der Waals surface area contributed by atoms with E-state index in [2.05, 4.69) is 20.1 Å². The lowest BCUT2D eigenvalue weighted by molar-refractivity contribution is -0.162. The number of likely N-dealkylation sites (tertiary alicyclic amines) is 1. The molecule has 0 aromatic rings. The molecule has 3 fully saturated rings. The number of carbonyl (C=O) groups excluding carboxylic acids is 3. The molecule has 4 unspecified atom stereocenters. The molecule has 0 aromatic heterocycles. The highest BCUT2D eigenvalue weighted by Crippen LogP contribution is 2.65. The van der Waals surface area contributed by atoms with Crippen LogP contribution in [0.15, 0.2) is 25.3 Å². The van der Waals surface area contributed by atoms with E-state index in [9.17, 15) is 19.5 Å². The van der Waals surface area contributed by atoms with E-state index in [0.29, 0.717) is 32.4 Å². The number of fused-ring (bicyclic) bond motifs is 1. The largest absolute Gasteiger partial charge is 0.465 e. The van der Waals surface area contributed by atoms with Gasteiger partial charge in [-0.15, -0.1) is 13.2 Å². The van der Waals surface area contributed by atoms with Crippen molar-refractivity contribution in [1.29, 1.82) is 0 Å². The topological polar surface area (TPSA) is 96.4 Å². The molecule has 0 saturated carbocycles. The van der Waals surface area contributed by atoms with E-state index < -0.39 is 35.0 Å². The summed E-state index contributed by atoms with van der Waals surface area (Å²) in [5, 5.41) is 9.37. The summed E-state index contributed by atoms with van der Waals surface area (Å²) in [4.78, 5) is 45.5. The zero-order valence-electron chi connectivity index (χ0n) is 23.8. The lowest BCUT2D eigenvalue weighted by atomic mass is 9.62. The fourth-order valence-electron chi connectivity index (χ4n) is 7.02. The minimum absolute atomic E-state index is 0.0117. The maximum Gasteiger partial charge on any atom is 0.312 e. The molecule has 2 amide bonds. The second kappa shape index (κ2) is 12.8. The highest BCUT2D eigenvalue weighted by molar-refractivity contribution is 5.98. The number of nitrogens with zero attached hydrogens (tertiary/aromatic N) is 2. The lowest BCUT2D eigenvalue weighted by Gasteiger charge is -2.39. The number of hydrogen-bond acceptors (Lipinski definition) is 6. The van der Waals surface area contributed by atoms with Gasteiger partial charge in [0.05, 0.1) is 18.1 Å². The third-order valence-corrected chi connectivity index (χ3v) is 9.00. The predicted molar refractivity (Wildman–Crippen MR) is 146 cm³/mol. The van der Waals surface area contributed by atoms with E-state index in [1.165, 1.54) is 0 Å². The summed E-state index contributed by atoms with van der Waals surface area (Å²) < 4.78 is 12.5. The van der Waals surface area contributed by atoms with Crippen LogP contribution in [0.2, 0.25) is 0 Å². The monoisotopic (exact) mass is 532 g/mol. The Balaban J connectivity index is 1.99. The second-order valence-corrected chi connectivity index (χ2v) is 11.5. The van der Waals surface area contributed by atoms with Crippen molar-refractivity contribution in [2.75, 3.05) is 26.3 Å². The van der Waals surface area contributed by atoms with Crippen molar-refractivity contribution >= 4 is 17.8 Å². The van der Waals surface area contributed by atoms with Gasteiger partial charge in [0.15, 0.2) is 0 Å². The molecule has 3 rings (SSSR count). The Morgan fingerprint density at radius 2 is 2.00 bits per heavy atom. The minimum atomic E-state index is -1.08. The smallest absolute Gasteiger partial charge is 0.312 e. The molecule has 1 spiro atoms. The van der Waals surface area contributed by atoms with Crippen LogP contribution in [0.3, 0.4) is 0 Å². The zero-order valence-corrected chi connectivity index (χ0v) is 23.8. The Kier molecular flexibility index (Phi) is 10.2. The Morgan fingerprint density at radius 3 is 2.63 bits per heavy atom. The number of unbranched alkanes of at least 4 members (excludes halogenated alkanes) is 3. The van der Waals surface area contributed by atoms with Crippen molar-refractivity contribution in [2.45, 2.75) is 102 Å². The molecule has 214 valence electrons. The van der Waals surface area contributed by atoms with Gasteiger partial charge in [-0.05, 0) is 64.7 Å². The first kappa shape index (κ1) is 30.4. The van der Waals surface area contributed by atoms with Gasteiger partial charge >= 0.3 is 5.97 Å². The van der Waals surface area contributed by atoms with Gasteiger partial charge in [0.2, 0.25) is 11.8 Å². The van der Waals surface area contributed by atoms with Gasteiger partial charge in [-0.3, -0.25) is 14.4 Å². The molecule has 0 aliphatic carbocycles. The van der Waals surface area contributed by atoms with Crippen molar-refractivity contribution in [3.63, 3.8) is 0 Å².